The second kappa shape index (κ2) is 42.7. The number of nitrogens with two attached hydrogens (primary N) is 2. The van der Waals surface area contributed by atoms with Gasteiger partial charge in [0.1, 0.15) is 36.1 Å². The molecule has 0 bridgehead atoms. The molecule has 3 aromatic rings. The Labute approximate surface area is 536 Å². The number of nitrogens with one attached hydrogen (secondary N) is 3. The van der Waals surface area contributed by atoms with E-state index in [1.807, 2.05) is 51.1 Å². The molecular formula is C63H94F2N10O17. The highest BCUT2D eigenvalue weighted by Crippen LogP contribution is 2.40. The molecule has 0 saturated carbocycles. The topological polar surface area (TPSA) is 346 Å². The van der Waals surface area contributed by atoms with Crippen molar-refractivity contribution in [2.45, 2.75) is 91.4 Å². The lowest BCUT2D eigenvalue weighted by Gasteiger charge is -2.40. The van der Waals surface area contributed by atoms with Crippen molar-refractivity contribution in [2.24, 2.45) is 22.8 Å². The Bertz CT molecular complexity index is 2770. The Morgan fingerprint density at radius 3 is 1.71 bits per heavy atom. The molecule has 4 rings (SSSR count). The average molecular weight is 1300 g/mol. The van der Waals surface area contributed by atoms with Crippen molar-refractivity contribution in [3.05, 3.63) is 89.9 Å². The molecule has 92 heavy (non-hydrogen) atoms. The third-order valence-corrected chi connectivity index (χ3v) is 14.1. The van der Waals surface area contributed by atoms with Gasteiger partial charge in [-0.05, 0) is 54.4 Å². The van der Waals surface area contributed by atoms with Gasteiger partial charge in [-0.25, -0.2) is 18.6 Å². The van der Waals surface area contributed by atoms with E-state index in [-0.39, 0.29) is 108 Å². The van der Waals surface area contributed by atoms with E-state index in [0.29, 0.717) is 91.7 Å². The molecule has 2 aromatic carbocycles. The number of imidazole rings is 1. The van der Waals surface area contributed by atoms with Gasteiger partial charge in [0.05, 0.1) is 117 Å². The number of hydrogen-bond acceptors (Lipinski definition) is 18. The van der Waals surface area contributed by atoms with Crippen LogP contribution in [0, 0.1) is 23.0 Å². The first-order valence-electron chi connectivity index (χ1n) is 30.9. The van der Waals surface area contributed by atoms with Gasteiger partial charge in [0.25, 0.3) is 11.8 Å². The molecule has 8 N–H and O–H groups in total. The van der Waals surface area contributed by atoms with E-state index in [0.717, 1.165) is 28.7 Å². The number of aromatic nitrogens is 2. The lowest BCUT2D eigenvalue weighted by Crippen LogP contribution is -2.57. The van der Waals surface area contributed by atoms with E-state index in [4.69, 9.17) is 54.3 Å². The normalized spacial score (nSPS) is 13.3. The number of rotatable bonds is 49. The van der Waals surface area contributed by atoms with Crippen LogP contribution in [0.4, 0.5) is 13.6 Å². The quantitative estimate of drug-likeness (QED) is 0.0349. The maximum atomic E-state index is 15.3. The number of carbonyl (C=O) groups excluding carboxylic acids is 8. The molecule has 0 radical (unpaired) electrons. The number of nitrogens with zero attached hydrogens (tertiary/aromatic N) is 5. The van der Waals surface area contributed by atoms with Crippen LogP contribution >= 0.6 is 0 Å². The third-order valence-electron chi connectivity index (χ3n) is 14.1. The summed E-state index contributed by atoms with van der Waals surface area (Å²) in [7, 11) is 0. The summed E-state index contributed by atoms with van der Waals surface area (Å²) in [5.41, 5.74) is 11.3. The summed E-state index contributed by atoms with van der Waals surface area (Å²) in [5.74, 6) is -5.39. The zero-order chi connectivity index (χ0) is 67.3. The monoisotopic (exact) mass is 1300 g/mol. The van der Waals surface area contributed by atoms with Crippen LogP contribution in [0.1, 0.15) is 84.2 Å². The van der Waals surface area contributed by atoms with Crippen LogP contribution in [0.25, 0.3) is 11.3 Å². The van der Waals surface area contributed by atoms with Crippen molar-refractivity contribution >= 4 is 47.4 Å². The molecule has 27 nitrogen and oxygen atoms in total. The molecule has 512 valence electrons. The average Bonchev–Trinajstić information content (AvgIpc) is 1.58. The third kappa shape index (κ3) is 28.7. The Morgan fingerprint density at radius 1 is 0.663 bits per heavy atom. The molecule has 29 heteroatoms. The summed E-state index contributed by atoms with van der Waals surface area (Å²) in [4.78, 5) is 110. The molecule has 1 aliphatic heterocycles. The van der Waals surface area contributed by atoms with Crippen LogP contribution in [0.15, 0.2) is 66.9 Å². The predicted molar refractivity (Wildman–Crippen MR) is 332 cm³/mol. The zero-order valence-electron chi connectivity index (χ0n) is 53.6. The zero-order valence-corrected chi connectivity index (χ0v) is 53.6. The molecule has 3 atom stereocenters. The van der Waals surface area contributed by atoms with Crippen molar-refractivity contribution in [3.8, 4) is 11.3 Å². The van der Waals surface area contributed by atoms with Crippen molar-refractivity contribution < 1.29 is 90.1 Å². The first kappa shape index (κ1) is 77.1. The van der Waals surface area contributed by atoms with Crippen molar-refractivity contribution in [1.82, 2.24) is 40.2 Å². The van der Waals surface area contributed by atoms with Gasteiger partial charge in [-0.2, -0.15) is 0 Å². The number of amides is 9. The minimum Gasteiger partial charge on any atom is -0.387 e. The lowest BCUT2D eigenvalue weighted by molar-refractivity contribution is -0.144. The van der Waals surface area contributed by atoms with Gasteiger partial charge in [-0.1, -0.05) is 65.0 Å². The number of carbonyl (C=O) groups is 8. The highest BCUT2D eigenvalue weighted by molar-refractivity contribution is 6.13. The SMILES string of the molecule is CC(C)[C@H](NC(=O)CCOCCOCCOCCOCCOCCOCCOCCOCCNC(=O)CCN1C(=O)C=CC1=O)C(=O)N(CCCN(C(=O)CO)[C@@H](c1nc(-c2cc(F)ccc2F)cn1Cc1ccccc1)C(C)(C)C)[C@@H](CCCNC(N)=O)C(N)=O. The molecule has 0 fully saturated rings. The number of benzene rings is 2. The molecule has 1 aliphatic rings. The maximum absolute atomic E-state index is 15.3. The van der Waals surface area contributed by atoms with Gasteiger partial charge in [0, 0.05) is 76.0 Å². The minimum atomic E-state index is -1.24. The summed E-state index contributed by atoms with van der Waals surface area (Å²) in [6, 6.07) is 8.29. The summed E-state index contributed by atoms with van der Waals surface area (Å²) < 4.78 is 75.8. The number of aliphatic hydroxyl groups excluding tert-OH is 1. The smallest absolute Gasteiger partial charge is 0.312 e. The van der Waals surface area contributed by atoms with Crippen molar-refractivity contribution in [2.75, 3.05) is 145 Å². The first-order chi connectivity index (χ1) is 44.1. The van der Waals surface area contributed by atoms with Crippen molar-refractivity contribution in [3.63, 3.8) is 0 Å². The predicted octanol–water partition coefficient (Wildman–Crippen LogP) is 2.40. The summed E-state index contributed by atoms with van der Waals surface area (Å²) in [6.07, 6.45) is 4.05. The van der Waals surface area contributed by atoms with E-state index in [2.05, 4.69) is 16.0 Å². The van der Waals surface area contributed by atoms with E-state index >= 15 is 4.39 Å². The largest absolute Gasteiger partial charge is 0.387 e. The Morgan fingerprint density at radius 2 is 1.20 bits per heavy atom. The Hall–Kier alpha value is -7.35. The van der Waals surface area contributed by atoms with Gasteiger partial charge in [-0.15, -0.1) is 0 Å². The first-order valence-corrected chi connectivity index (χ1v) is 30.9. The second-order valence-corrected chi connectivity index (χ2v) is 22.7. The van der Waals surface area contributed by atoms with Crippen LogP contribution in [0.5, 0.6) is 0 Å². The number of primary amides is 2. The Kier molecular flexibility index (Phi) is 35.8. The highest BCUT2D eigenvalue weighted by atomic mass is 19.1. The van der Waals surface area contributed by atoms with Crippen LogP contribution in [-0.4, -0.2) is 234 Å². The van der Waals surface area contributed by atoms with E-state index < -0.39 is 89.2 Å². The fraction of sp³-hybridized carbons (Fsp3) is 0.603. The number of imide groups is 1. The fourth-order valence-electron chi connectivity index (χ4n) is 9.61. The van der Waals surface area contributed by atoms with Crippen LogP contribution in [0.3, 0.4) is 0 Å². The van der Waals surface area contributed by atoms with Crippen LogP contribution < -0.4 is 27.4 Å². The number of hydrogen-bond donors (Lipinski definition) is 6. The summed E-state index contributed by atoms with van der Waals surface area (Å²) in [5, 5.41) is 18.4. The molecule has 2 heterocycles. The highest BCUT2D eigenvalue weighted by Gasteiger charge is 2.40. The van der Waals surface area contributed by atoms with Crippen molar-refractivity contribution in [1.29, 1.82) is 0 Å². The van der Waals surface area contributed by atoms with E-state index in [1.165, 1.54) is 22.0 Å². The molecule has 0 unspecified atom stereocenters. The fourth-order valence-corrected chi connectivity index (χ4v) is 9.61. The molecular weight excluding hydrogens is 1210 g/mol. The van der Waals surface area contributed by atoms with Gasteiger partial charge < -0.3 is 84.8 Å². The molecule has 0 saturated heterocycles. The second-order valence-electron chi connectivity index (χ2n) is 22.7. The molecule has 0 aliphatic carbocycles. The summed E-state index contributed by atoms with van der Waals surface area (Å²) in [6.45, 7) is 13.5. The molecule has 9 amide bonds. The lowest BCUT2D eigenvalue weighted by atomic mass is 9.84. The maximum Gasteiger partial charge on any atom is 0.312 e. The number of aliphatic hydroxyl groups is 1. The number of ether oxygens (including phenoxy) is 8. The minimum absolute atomic E-state index is 0.000666. The van der Waals surface area contributed by atoms with Gasteiger partial charge in [0.2, 0.25) is 29.5 Å². The van der Waals surface area contributed by atoms with E-state index in [1.54, 1.807) is 24.6 Å². The summed E-state index contributed by atoms with van der Waals surface area (Å²) >= 11 is 0. The number of halogens is 2. The Balaban J connectivity index is 1.16. The van der Waals surface area contributed by atoms with Crippen LogP contribution in [-0.2, 0) is 78.0 Å². The van der Waals surface area contributed by atoms with Gasteiger partial charge >= 0.3 is 6.03 Å². The standard InChI is InChI=1S/C63H94F2N10O17/c1-45(2)57(71-53(78)19-25-85-27-29-87-31-33-89-35-37-91-39-40-92-38-36-90-34-32-88-30-28-86-26-21-68-52(77)18-24-74-54(79)16-17-55(74)80)61(83)73(51(59(66)82)13-9-20-69-62(67)84)22-10-23-75(56(81)44-76)58(63(3,4)5)60-70-50(48-41-47(64)14-15-49(48)65)43-72(60)42-46-11-7-6-8-12-46/h6-8,11-12,14-17,41,43,45,51,57-58,76H,9-10,13,18-40,42,44H2,1-5H3,(H2,66,82)(H,68,77)(H,71,78)(H3,67,69,84)/t51-,57-,58-/m0/s1. The molecule has 0 spiro atoms. The van der Waals surface area contributed by atoms with Gasteiger partial charge in [-0.3, -0.25) is 38.5 Å². The molecule has 1 aromatic heterocycles. The number of urea groups is 1. The van der Waals surface area contributed by atoms with E-state index in [9.17, 15) is 47.9 Å². The van der Waals surface area contributed by atoms with Crippen LogP contribution in [0.2, 0.25) is 0 Å². The van der Waals surface area contributed by atoms with Gasteiger partial charge in [0.15, 0.2) is 0 Å².